The van der Waals surface area contributed by atoms with Crippen LogP contribution < -0.4 is 0 Å². The molecule has 0 saturated carbocycles. The second kappa shape index (κ2) is 5.17. The van der Waals surface area contributed by atoms with Gasteiger partial charge in [-0.3, -0.25) is 0 Å². The van der Waals surface area contributed by atoms with Crippen LogP contribution >= 0.6 is 0 Å². The number of nitrogens with zero attached hydrogens (tertiary/aromatic N) is 2. The fourth-order valence-electron chi connectivity index (χ4n) is 0.322. The van der Waals surface area contributed by atoms with Crippen molar-refractivity contribution in [3.8, 4) is 0 Å². The maximum absolute atomic E-state index is 3.99. The van der Waals surface area contributed by atoms with E-state index in [1.807, 2.05) is 18.1 Å². The van der Waals surface area contributed by atoms with Crippen molar-refractivity contribution in [1.82, 2.24) is 5.01 Å². The van der Waals surface area contributed by atoms with Gasteiger partial charge in [0.2, 0.25) is 0 Å². The van der Waals surface area contributed by atoms with Crippen molar-refractivity contribution >= 4 is 0 Å². The van der Waals surface area contributed by atoms with Gasteiger partial charge < -0.3 is 0 Å². The van der Waals surface area contributed by atoms with Gasteiger partial charge >= 0.3 is 60.9 Å². The summed E-state index contributed by atoms with van der Waals surface area (Å²) in [5.74, 6) is 0. The fraction of sp³-hybridized carbons (Fsp3) is 0.600. The first kappa shape index (κ1) is 8.03. The maximum atomic E-state index is 3.99. The first-order valence-electron chi connectivity index (χ1n) is 2.45. The third-order valence-corrected chi connectivity index (χ3v) is 1.46. The van der Waals surface area contributed by atoms with Gasteiger partial charge in [-0.1, -0.05) is 0 Å². The van der Waals surface area contributed by atoms with E-state index in [-0.39, 0.29) is 0 Å². The number of hydrogen-bond acceptors (Lipinski definition) is 2. The van der Waals surface area contributed by atoms with Gasteiger partial charge in [0.25, 0.3) is 0 Å². The minimum atomic E-state index is 0.935. The van der Waals surface area contributed by atoms with Crippen LogP contribution in [0.25, 0.3) is 0 Å². The summed E-state index contributed by atoms with van der Waals surface area (Å²) in [7, 11) is 0. The summed E-state index contributed by atoms with van der Waals surface area (Å²) in [6, 6.07) is 0. The van der Waals surface area contributed by atoms with Gasteiger partial charge in [0.05, 0.1) is 0 Å². The van der Waals surface area contributed by atoms with Crippen LogP contribution in [0.4, 0.5) is 0 Å². The zero-order valence-corrected chi connectivity index (χ0v) is 8.02. The van der Waals surface area contributed by atoms with Gasteiger partial charge in [0.1, 0.15) is 0 Å². The second-order valence-corrected chi connectivity index (χ2v) is 1.84. The molecule has 0 aromatic heterocycles. The Labute approximate surface area is 61.3 Å². The molecule has 0 fully saturated rings. The molecule has 0 aromatic carbocycles. The van der Waals surface area contributed by atoms with Crippen molar-refractivity contribution in [3.63, 3.8) is 0 Å². The monoisotopic (exact) mass is 281 g/mol. The first-order chi connectivity index (χ1) is 3.85. The van der Waals surface area contributed by atoms with Crippen molar-refractivity contribution in [3.05, 3.63) is 12.3 Å². The van der Waals surface area contributed by atoms with Gasteiger partial charge in [-0.25, -0.2) is 0 Å². The van der Waals surface area contributed by atoms with Crippen molar-refractivity contribution in [2.75, 3.05) is 6.54 Å². The van der Waals surface area contributed by atoms with Gasteiger partial charge in [-0.2, -0.15) is 0 Å². The van der Waals surface area contributed by atoms with E-state index in [4.69, 9.17) is 0 Å². The molecular formula is C5H9N2W-. The van der Waals surface area contributed by atoms with Gasteiger partial charge in [0, 0.05) is 0 Å². The quantitative estimate of drug-likeness (QED) is 0.562. The number of rotatable bonds is 3. The van der Waals surface area contributed by atoms with Gasteiger partial charge in [-0.05, 0) is 0 Å². The molecule has 3 heteroatoms. The van der Waals surface area contributed by atoms with E-state index in [9.17, 15) is 0 Å². The van der Waals surface area contributed by atoms with Crippen molar-refractivity contribution in [2.45, 2.75) is 13.8 Å². The van der Waals surface area contributed by atoms with Crippen LogP contribution in [0.15, 0.2) is 9.80 Å². The summed E-state index contributed by atoms with van der Waals surface area (Å²) < 4.78 is 3.99. The third-order valence-electron chi connectivity index (χ3n) is 0.707. The van der Waals surface area contributed by atoms with Crippen molar-refractivity contribution in [1.29, 1.82) is 0 Å². The zero-order valence-electron chi connectivity index (χ0n) is 5.09. The molecule has 0 spiro atoms. The average Bonchev–Trinajstić information content (AvgIpc) is 1.83. The van der Waals surface area contributed by atoms with Crippen molar-refractivity contribution in [2.24, 2.45) is 3.60 Å². The predicted molar refractivity (Wildman–Crippen MR) is 28.3 cm³/mol. The molecule has 0 aromatic rings. The molecule has 0 aliphatic rings. The summed E-state index contributed by atoms with van der Waals surface area (Å²) in [4.78, 5) is 0. The average molecular weight is 281 g/mol. The van der Waals surface area contributed by atoms with Crippen LogP contribution in [0.2, 0.25) is 0 Å². The van der Waals surface area contributed by atoms with Crippen LogP contribution in [-0.2, 0) is 19.6 Å². The molecule has 2 nitrogen and oxygen atoms in total. The molecule has 46 valence electrons. The third kappa shape index (κ3) is 3.09. The summed E-state index contributed by atoms with van der Waals surface area (Å²) in [6.45, 7) is 4.85. The summed E-state index contributed by atoms with van der Waals surface area (Å²) in [5, 5.41) is 1.86. The Morgan fingerprint density at radius 3 is 2.62 bits per heavy atom. The molecule has 0 saturated heterocycles. The van der Waals surface area contributed by atoms with Gasteiger partial charge in [-0.15, -0.1) is 0 Å². The molecule has 0 heterocycles. The summed E-state index contributed by atoms with van der Waals surface area (Å²) >= 11 is 1.23. The van der Waals surface area contributed by atoms with Crippen LogP contribution in [0.5, 0.6) is 0 Å². The van der Waals surface area contributed by atoms with E-state index in [0.717, 1.165) is 6.54 Å². The molecule has 0 radical (unpaired) electrons. The summed E-state index contributed by atoms with van der Waals surface area (Å²) in [6.07, 6.45) is 4.73. The Bertz CT molecular complexity index is 90.4. The van der Waals surface area contributed by atoms with E-state index in [1.165, 1.54) is 19.6 Å². The molecule has 0 unspecified atom stereocenters. The number of allylic oxidation sites excluding steroid dienone is 1. The Morgan fingerprint density at radius 2 is 2.50 bits per heavy atom. The summed E-state index contributed by atoms with van der Waals surface area (Å²) in [5.41, 5.74) is 0. The second-order valence-electron chi connectivity index (χ2n) is 1.26. The van der Waals surface area contributed by atoms with Crippen LogP contribution in [0.1, 0.15) is 13.8 Å². The predicted octanol–water partition coefficient (Wildman–Crippen LogP) is 1.29. The van der Waals surface area contributed by atoms with E-state index in [1.54, 1.807) is 0 Å². The number of hydrogen-bond donors (Lipinski definition) is 0. The Morgan fingerprint density at radius 1 is 1.88 bits per heavy atom. The fourth-order valence-corrected chi connectivity index (χ4v) is 0.906. The Balaban J connectivity index is 3.52. The molecule has 0 atom stereocenters. The Kier molecular flexibility index (Phi) is 5.19. The SMILES string of the molecule is C[C-]=CN(CC)[N]=[W]. The molecule has 0 N–H and O–H groups in total. The minimum absolute atomic E-state index is 0.935. The van der Waals surface area contributed by atoms with Crippen LogP contribution in [0.3, 0.4) is 0 Å². The van der Waals surface area contributed by atoms with Gasteiger partial charge in [0.15, 0.2) is 0 Å². The molecule has 0 aliphatic carbocycles. The molecule has 0 aliphatic heterocycles. The molecule has 0 rings (SSSR count). The molecule has 0 amide bonds. The standard InChI is InChI=1S/C5H9N2.W/c1-3-5-7(6)4-2;/h5H,4H2,1-2H3;/q-1;. The van der Waals surface area contributed by atoms with E-state index >= 15 is 0 Å². The Hall–Kier alpha value is 0.0283. The normalized spacial score (nSPS) is 9.75. The van der Waals surface area contributed by atoms with E-state index in [2.05, 4.69) is 16.6 Å². The van der Waals surface area contributed by atoms with E-state index < -0.39 is 0 Å². The molecule has 8 heavy (non-hydrogen) atoms. The van der Waals surface area contributed by atoms with Crippen LogP contribution in [-0.4, -0.2) is 11.6 Å². The first-order valence-corrected chi connectivity index (χ1v) is 3.76. The van der Waals surface area contributed by atoms with Crippen molar-refractivity contribution < 1.29 is 19.6 Å². The zero-order chi connectivity index (χ0) is 6.41. The molecular weight excluding hydrogens is 272 g/mol. The van der Waals surface area contributed by atoms with E-state index in [0.29, 0.717) is 0 Å². The molecule has 0 bridgehead atoms. The topological polar surface area (TPSA) is 15.6 Å². The van der Waals surface area contributed by atoms with Crippen LogP contribution in [0, 0.1) is 6.08 Å².